The number of rotatable bonds is 6. The van der Waals surface area contributed by atoms with Crippen LogP contribution in [0.3, 0.4) is 0 Å². The third-order valence-corrected chi connectivity index (χ3v) is 4.57. The molecule has 128 valence electrons. The van der Waals surface area contributed by atoms with E-state index in [1.54, 1.807) is 12.4 Å². The maximum atomic E-state index is 12.5. The Bertz CT molecular complexity index is 657. The van der Waals surface area contributed by atoms with Gasteiger partial charge in [-0.1, -0.05) is 24.6 Å². The first-order valence-electron chi connectivity index (χ1n) is 8.51. The van der Waals surface area contributed by atoms with Crippen molar-refractivity contribution in [2.75, 3.05) is 26.2 Å². The smallest absolute Gasteiger partial charge is 0.252 e. The summed E-state index contributed by atoms with van der Waals surface area (Å²) in [5.41, 5.74) is 1.41. The number of hydrogen-bond donors (Lipinski definition) is 3. The van der Waals surface area contributed by atoms with E-state index >= 15 is 0 Å². The topological polar surface area (TPSA) is 81.2 Å². The lowest BCUT2D eigenvalue weighted by molar-refractivity contribution is 0.0849. The van der Waals surface area contributed by atoms with Gasteiger partial charge in [-0.3, -0.25) is 9.69 Å². The highest BCUT2D eigenvalue weighted by atomic mass is 16.3. The SMILES string of the molecule is O=C(NCCN1CCCCC1CO)c1ccccc1-c1ncc[nH]1. The quantitative estimate of drug-likeness (QED) is 0.753. The number of hydrogen-bond acceptors (Lipinski definition) is 4. The fraction of sp³-hybridized carbons (Fsp3) is 0.444. The van der Waals surface area contributed by atoms with Gasteiger partial charge in [0.1, 0.15) is 5.82 Å². The van der Waals surface area contributed by atoms with E-state index in [1.807, 2.05) is 24.3 Å². The highest BCUT2D eigenvalue weighted by Gasteiger charge is 2.21. The molecule has 0 aliphatic carbocycles. The van der Waals surface area contributed by atoms with Gasteiger partial charge in [-0.05, 0) is 25.5 Å². The van der Waals surface area contributed by atoms with Crippen molar-refractivity contribution in [3.8, 4) is 11.4 Å². The van der Waals surface area contributed by atoms with Gasteiger partial charge in [0.25, 0.3) is 5.91 Å². The minimum absolute atomic E-state index is 0.0976. The minimum Gasteiger partial charge on any atom is -0.395 e. The highest BCUT2D eigenvalue weighted by Crippen LogP contribution is 2.20. The van der Waals surface area contributed by atoms with Crippen molar-refractivity contribution in [3.63, 3.8) is 0 Å². The molecular weight excluding hydrogens is 304 g/mol. The molecule has 0 saturated carbocycles. The number of piperidine rings is 1. The first-order chi connectivity index (χ1) is 11.8. The number of imidazole rings is 1. The lowest BCUT2D eigenvalue weighted by Crippen LogP contribution is -2.45. The average molecular weight is 328 g/mol. The number of H-pyrrole nitrogens is 1. The number of nitrogens with one attached hydrogen (secondary N) is 2. The van der Waals surface area contributed by atoms with Gasteiger partial charge in [-0.15, -0.1) is 0 Å². The zero-order chi connectivity index (χ0) is 16.8. The molecule has 0 spiro atoms. The molecule has 0 bridgehead atoms. The van der Waals surface area contributed by atoms with E-state index in [0.717, 1.165) is 31.5 Å². The van der Waals surface area contributed by atoms with Crippen molar-refractivity contribution in [3.05, 3.63) is 42.2 Å². The van der Waals surface area contributed by atoms with Crippen LogP contribution < -0.4 is 5.32 Å². The van der Waals surface area contributed by atoms with Crippen LogP contribution >= 0.6 is 0 Å². The van der Waals surface area contributed by atoms with Crippen LogP contribution in [0.1, 0.15) is 29.6 Å². The molecule has 1 amide bonds. The number of benzene rings is 1. The van der Waals surface area contributed by atoms with Crippen LogP contribution in [-0.2, 0) is 0 Å². The van der Waals surface area contributed by atoms with Gasteiger partial charge < -0.3 is 15.4 Å². The van der Waals surface area contributed by atoms with Crippen molar-refractivity contribution < 1.29 is 9.90 Å². The molecule has 3 rings (SSSR count). The second-order valence-corrected chi connectivity index (χ2v) is 6.11. The van der Waals surface area contributed by atoms with Crippen LogP contribution in [0.4, 0.5) is 0 Å². The summed E-state index contributed by atoms with van der Waals surface area (Å²) in [6.07, 6.45) is 6.78. The minimum atomic E-state index is -0.0976. The Hall–Kier alpha value is -2.18. The summed E-state index contributed by atoms with van der Waals surface area (Å²) in [6.45, 7) is 2.51. The van der Waals surface area contributed by atoms with E-state index in [0.29, 0.717) is 17.9 Å². The third kappa shape index (κ3) is 3.83. The molecule has 1 aliphatic heterocycles. The van der Waals surface area contributed by atoms with E-state index in [4.69, 9.17) is 0 Å². The summed E-state index contributed by atoms with van der Waals surface area (Å²) in [4.78, 5) is 22.1. The number of aliphatic hydroxyl groups excluding tert-OH is 1. The molecule has 2 heterocycles. The molecule has 1 aromatic heterocycles. The zero-order valence-electron chi connectivity index (χ0n) is 13.7. The van der Waals surface area contributed by atoms with Gasteiger partial charge in [-0.2, -0.15) is 0 Å². The van der Waals surface area contributed by atoms with Gasteiger partial charge in [0.05, 0.1) is 12.2 Å². The van der Waals surface area contributed by atoms with Gasteiger partial charge in [-0.25, -0.2) is 4.98 Å². The number of amides is 1. The molecule has 24 heavy (non-hydrogen) atoms. The van der Waals surface area contributed by atoms with E-state index < -0.39 is 0 Å². The predicted molar refractivity (Wildman–Crippen MR) is 92.7 cm³/mol. The Labute approximate surface area is 141 Å². The fourth-order valence-corrected chi connectivity index (χ4v) is 3.27. The highest BCUT2D eigenvalue weighted by molar-refractivity contribution is 6.00. The zero-order valence-corrected chi connectivity index (χ0v) is 13.7. The first-order valence-corrected chi connectivity index (χ1v) is 8.51. The number of nitrogens with zero attached hydrogens (tertiary/aromatic N) is 2. The number of carbonyl (C=O) groups excluding carboxylic acids is 1. The molecule has 6 heteroatoms. The standard InChI is InChI=1S/C18H24N4O2/c23-13-14-5-3-4-11-22(14)12-10-21-18(24)16-7-2-1-6-15(16)17-19-8-9-20-17/h1-2,6-9,14,23H,3-5,10-13H2,(H,19,20)(H,21,24). The van der Waals surface area contributed by atoms with E-state index in [1.165, 1.54) is 6.42 Å². The Morgan fingerprint density at radius 1 is 1.38 bits per heavy atom. The first kappa shape index (κ1) is 16.7. The van der Waals surface area contributed by atoms with Crippen LogP contribution in [-0.4, -0.2) is 58.2 Å². The van der Waals surface area contributed by atoms with E-state index in [2.05, 4.69) is 20.2 Å². The van der Waals surface area contributed by atoms with Crippen molar-refractivity contribution in [1.29, 1.82) is 0 Å². The average Bonchev–Trinajstić information content (AvgIpc) is 3.16. The summed E-state index contributed by atoms with van der Waals surface area (Å²) < 4.78 is 0. The molecule has 1 atom stereocenters. The monoisotopic (exact) mass is 328 g/mol. The molecule has 3 N–H and O–H groups in total. The largest absolute Gasteiger partial charge is 0.395 e. The van der Waals surface area contributed by atoms with Crippen molar-refractivity contribution in [2.45, 2.75) is 25.3 Å². The summed E-state index contributed by atoms with van der Waals surface area (Å²) in [7, 11) is 0. The van der Waals surface area contributed by atoms with E-state index in [-0.39, 0.29) is 18.6 Å². The third-order valence-electron chi connectivity index (χ3n) is 4.57. The lowest BCUT2D eigenvalue weighted by atomic mass is 10.0. The molecule has 0 radical (unpaired) electrons. The van der Waals surface area contributed by atoms with Crippen LogP contribution in [0.15, 0.2) is 36.7 Å². The maximum Gasteiger partial charge on any atom is 0.252 e. The Kier molecular flexibility index (Phi) is 5.61. The predicted octanol–water partition coefficient (Wildman–Crippen LogP) is 1.65. The van der Waals surface area contributed by atoms with Crippen LogP contribution in [0.5, 0.6) is 0 Å². The van der Waals surface area contributed by atoms with Gasteiger partial charge >= 0.3 is 0 Å². The number of aliphatic hydroxyl groups is 1. The van der Waals surface area contributed by atoms with Gasteiger partial charge in [0, 0.05) is 37.1 Å². The van der Waals surface area contributed by atoms with E-state index in [9.17, 15) is 9.90 Å². The van der Waals surface area contributed by atoms with Crippen LogP contribution in [0.25, 0.3) is 11.4 Å². The lowest BCUT2D eigenvalue weighted by Gasteiger charge is -2.34. The van der Waals surface area contributed by atoms with Crippen molar-refractivity contribution in [1.82, 2.24) is 20.2 Å². The fourth-order valence-electron chi connectivity index (χ4n) is 3.27. The van der Waals surface area contributed by atoms with Crippen molar-refractivity contribution in [2.24, 2.45) is 0 Å². The number of aromatic nitrogens is 2. The Morgan fingerprint density at radius 3 is 3.04 bits per heavy atom. The normalized spacial score (nSPS) is 18.5. The van der Waals surface area contributed by atoms with Crippen LogP contribution in [0.2, 0.25) is 0 Å². The number of carbonyl (C=O) groups is 1. The van der Waals surface area contributed by atoms with Gasteiger partial charge in [0.2, 0.25) is 0 Å². The van der Waals surface area contributed by atoms with Gasteiger partial charge in [0.15, 0.2) is 0 Å². The summed E-state index contributed by atoms with van der Waals surface area (Å²) in [5, 5.41) is 12.4. The summed E-state index contributed by atoms with van der Waals surface area (Å²) in [5.74, 6) is 0.594. The summed E-state index contributed by atoms with van der Waals surface area (Å²) >= 11 is 0. The van der Waals surface area contributed by atoms with Crippen LogP contribution in [0, 0.1) is 0 Å². The molecule has 1 aromatic carbocycles. The molecular formula is C18H24N4O2. The number of likely N-dealkylation sites (tertiary alicyclic amines) is 1. The Morgan fingerprint density at radius 2 is 2.25 bits per heavy atom. The molecule has 1 fully saturated rings. The second kappa shape index (κ2) is 8.08. The molecule has 6 nitrogen and oxygen atoms in total. The molecule has 1 saturated heterocycles. The summed E-state index contributed by atoms with van der Waals surface area (Å²) in [6, 6.07) is 7.68. The second-order valence-electron chi connectivity index (χ2n) is 6.11. The Balaban J connectivity index is 1.60. The molecule has 1 aliphatic rings. The van der Waals surface area contributed by atoms with Crippen molar-refractivity contribution >= 4 is 5.91 Å². The molecule has 2 aromatic rings. The molecule has 1 unspecified atom stereocenters. The maximum absolute atomic E-state index is 12.5. The number of aromatic amines is 1.